The summed E-state index contributed by atoms with van der Waals surface area (Å²) in [5.41, 5.74) is 6.75. The molecule has 2 rings (SSSR count). The highest BCUT2D eigenvalue weighted by atomic mass is 16.1. The minimum Gasteiger partial charge on any atom is -0.348 e. The Hall–Kier alpha value is -1.94. The quantitative estimate of drug-likeness (QED) is 0.861. The van der Waals surface area contributed by atoms with Crippen molar-refractivity contribution in [3.63, 3.8) is 0 Å². The van der Waals surface area contributed by atoms with Crippen molar-refractivity contribution in [1.82, 2.24) is 10.3 Å². The molecule has 0 spiro atoms. The fraction of sp³-hybridized carbons (Fsp3) is 0.333. The average Bonchev–Trinajstić information content (AvgIpc) is 2.44. The average molecular weight is 257 g/mol. The fourth-order valence-corrected chi connectivity index (χ4v) is 1.99. The molecule has 0 aliphatic rings. The molecule has 0 aliphatic heterocycles. The van der Waals surface area contributed by atoms with Crippen LogP contribution in [0.5, 0.6) is 0 Å². The maximum Gasteiger partial charge on any atom is 0.270 e. The number of rotatable bonds is 5. The van der Waals surface area contributed by atoms with Crippen LogP contribution in [-0.4, -0.2) is 23.5 Å². The Bertz CT molecular complexity index is 568. The number of nitrogens with zero attached hydrogens (tertiary/aromatic N) is 1. The molecule has 1 heterocycles. The van der Waals surface area contributed by atoms with Crippen molar-refractivity contribution in [3.05, 3.63) is 42.1 Å². The van der Waals surface area contributed by atoms with Gasteiger partial charge < -0.3 is 11.1 Å². The summed E-state index contributed by atoms with van der Waals surface area (Å²) in [7, 11) is 0. The van der Waals surface area contributed by atoms with E-state index < -0.39 is 0 Å². The van der Waals surface area contributed by atoms with Gasteiger partial charge in [0.1, 0.15) is 5.69 Å². The smallest absolute Gasteiger partial charge is 0.270 e. The van der Waals surface area contributed by atoms with E-state index >= 15 is 0 Å². The van der Waals surface area contributed by atoms with Crippen molar-refractivity contribution < 1.29 is 4.79 Å². The highest BCUT2D eigenvalue weighted by molar-refractivity contribution is 5.94. The summed E-state index contributed by atoms with van der Waals surface area (Å²) in [6.45, 7) is 2.63. The molecule has 1 unspecified atom stereocenters. The van der Waals surface area contributed by atoms with Gasteiger partial charge in [-0.15, -0.1) is 0 Å². The number of benzene rings is 1. The Labute approximate surface area is 113 Å². The van der Waals surface area contributed by atoms with E-state index in [0.717, 1.165) is 23.7 Å². The van der Waals surface area contributed by atoms with Gasteiger partial charge in [-0.2, -0.15) is 0 Å². The van der Waals surface area contributed by atoms with Crippen LogP contribution in [0.15, 0.2) is 36.4 Å². The first kappa shape index (κ1) is 13.5. The van der Waals surface area contributed by atoms with Crippen LogP contribution in [0.3, 0.4) is 0 Å². The van der Waals surface area contributed by atoms with E-state index in [2.05, 4.69) is 10.3 Å². The molecule has 100 valence electrons. The minimum atomic E-state index is -0.129. The standard InChI is InChI=1S/C15H19N3O/c1-11(5-4-10-16)17-15(19)14-9-8-12-6-2-3-7-13(12)18-14/h2-3,6-9,11H,4-5,10,16H2,1H3,(H,17,19). The van der Waals surface area contributed by atoms with Gasteiger partial charge >= 0.3 is 0 Å². The molecule has 0 bridgehead atoms. The van der Waals surface area contributed by atoms with Crippen LogP contribution in [0.2, 0.25) is 0 Å². The van der Waals surface area contributed by atoms with Crippen LogP contribution in [0.1, 0.15) is 30.3 Å². The predicted octanol–water partition coefficient (Wildman–Crippen LogP) is 2.09. The van der Waals surface area contributed by atoms with E-state index in [1.54, 1.807) is 6.07 Å². The van der Waals surface area contributed by atoms with Crippen LogP contribution in [0, 0.1) is 0 Å². The van der Waals surface area contributed by atoms with Crippen LogP contribution < -0.4 is 11.1 Å². The number of amides is 1. The molecule has 4 nitrogen and oxygen atoms in total. The second-order valence-corrected chi connectivity index (χ2v) is 4.69. The summed E-state index contributed by atoms with van der Waals surface area (Å²) < 4.78 is 0. The first-order valence-electron chi connectivity index (χ1n) is 6.57. The van der Waals surface area contributed by atoms with Crippen LogP contribution in [0.4, 0.5) is 0 Å². The number of carbonyl (C=O) groups excluding carboxylic acids is 1. The highest BCUT2D eigenvalue weighted by Gasteiger charge is 2.11. The van der Waals surface area contributed by atoms with Crippen LogP contribution in [-0.2, 0) is 0 Å². The second-order valence-electron chi connectivity index (χ2n) is 4.69. The van der Waals surface area contributed by atoms with Crippen molar-refractivity contribution in [3.8, 4) is 0 Å². The number of hydrogen-bond acceptors (Lipinski definition) is 3. The first-order chi connectivity index (χ1) is 9.20. The lowest BCUT2D eigenvalue weighted by atomic mass is 10.1. The van der Waals surface area contributed by atoms with Crippen molar-refractivity contribution in [2.75, 3.05) is 6.54 Å². The Kier molecular flexibility index (Phi) is 4.47. The Balaban J connectivity index is 2.08. The molecular formula is C15H19N3O. The first-order valence-corrected chi connectivity index (χ1v) is 6.57. The number of aromatic nitrogens is 1. The highest BCUT2D eigenvalue weighted by Crippen LogP contribution is 2.11. The van der Waals surface area contributed by atoms with Gasteiger partial charge in [-0.3, -0.25) is 4.79 Å². The largest absolute Gasteiger partial charge is 0.348 e. The second kappa shape index (κ2) is 6.29. The molecule has 1 aromatic carbocycles. The predicted molar refractivity (Wildman–Crippen MR) is 77.0 cm³/mol. The Morgan fingerprint density at radius 3 is 2.89 bits per heavy atom. The molecule has 1 atom stereocenters. The minimum absolute atomic E-state index is 0.115. The van der Waals surface area contributed by atoms with Gasteiger partial charge in [0.25, 0.3) is 5.91 Å². The summed E-state index contributed by atoms with van der Waals surface area (Å²) in [5, 5.41) is 3.98. The summed E-state index contributed by atoms with van der Waals surface area (Å²) >= 11 is 0. The third-order valence-corrected chi connectivity index (χ3v) is 3.05. The van der Waals surface area contributed by atoms with Crippen LogP contribution in [0.25, 0.3) is 10.9 Å². The van der Waals surface area contributed by atoms with Gasteiger partial charge in [0.15, 0.2) is 0 Å². The summed E-state index contributed by atoms with van der Waals surface area (Å²) in [6.07, 6.45) is 1.79. The number of nitrogens with one attached hydrogen (secondary N) is 1. The molecule has 0 aliphatic carbocycles. The molecule has 3 N–H and O–H groups in total. The fourth-order valence-electron chi connectivity index (χ4n) is 1.99. The van der Waals surface area contributed by atoms with Crippen molar-refractivity contribution in [2.24, 2.45) is 5.73 Å². The molecular weight excluding hydrogens is 238 g/mol. The zero-order chi connectivity index (χ0) is 13.7. The molecule has 1 amide bonds. The van der Waals surface area contributed by atoms with Crippen molar-refractivity contribution in [1.29, 1.82) is 0 Å². The third kappa shape index (κ3) is 3.51. The molecule has 0 radical (unpaired) electrons. The monoisotopic (exact) mass is 257 g/mol. The third-order valence-electron chi connectivity index (χ3n) is 3.05. The maximum absolute atomic E-state index is 12.1. The summed E-state index contributed by atoms with van der Waals surface area (Å²) in [6, 6.07) is 11.6. The van der Waals surface area contributed by atoms with Gasteiger partial charge in [-0.05, 0) is 38.4 Å². The molecule has 0 fully saturated rings. The van der Waals surface area contributed by atoms with E-state index in [9.17, 15) is 4.79 Å². The number of carbonyl (C=O) groups is 1. The SMILES string of the molecule is CC(CCCN)NC(=O)c1ccc2ccccc2n1. The topological polar surface area (TPSA) is 68.0 Å². The number of para-hydroxylation sites is 1. The number of fused-ring (bicyclic) bond motifs is 1. The van der Waals surface area contributed by atoms with Gasteiger partial charge in [-0.1, -0.05) is 24.3 Å². The lowest BCUT2D eigenvalue weighted by molar-refractivity contribution is 0.0933. The normalized spacial score (nSPS) is 12.3. The summed E-state index contributed by atoms with van der Waals surface area (Å²) in [4.78, 5) is 16.4. The molecule has 19 heavy (non-hydrogen) atoms. The van der Waals surface area contributed by atoms with E-state index in [4.69, 9.17) is 5.73 Å². The Morgan fingerprint density at radius 1 is 1.32 bits per heavy atom. The van der Waals surface area contributed by atoms with E-state index in [-0.39, 0.29) is 11.9 Å². The molecule has 1 aromatic heterocycles. The lowest BCUT2D eigenvalue weighted by Gasteiger charge is -2.13. The zero-order valence-electron chi connectivity index (χ0n) is 11.1. The van der Waals surface area contributed by atoms with Crippen LogP contribution >= 0.6 is 0 Å². The van der Waals surface area contributed by atoms with Crippen molar-refractivity contribution in [2.45, 2.75) is 25.8 Å². The number of hydrogen-bond donors (Lipinski definition) is 2. The van der Waals surface area contributed by atoms with Crippen molar-refractivity contribution >= 4 is 16.8 Å². The van der Waals surface area contributed by atoms with Gasteiger partial charge in [-0.25, -0.2) is 4.98 Å². The molecule has 0 saturated heterocycles. The summed E-state index contributed by atoms with van der Waals surface area (Å²) in [5.74, 6) is -0.129. The van der Waals surface area contributed by atoms with Gasteiger partial charge in [0.05, 0.1) is 5.52 Å². The molecule has 2 aromatic rings. The zero-order valence-corrected chi connectivity index (χ0v) is 11.1. The molecule has 4 heteroatoms. The maximum atomic E-state index is 12.1. The number of pyridine rings is 1. The van der Waals surface area contributed by atoms with E-state index in [1.807, 2.05) is 37.3 Å². The Morgan fingerprint density at radius 2 is 2.11 bits per heavy atom. The number of nitrogens with two attached hydrogens (primary N) is 1. The molecule has 0 saturated carbocycles. The van der Waals surface area contributed by atoms with E-state index in [0.29, 0.717) is 12.2 Å². The lowest BCUT2D eigenvalue weighted by Crippen LogP contribution is -2.33. The van der Waals surface area contributed by atoms with Gasteiger partial charge in [0.2, 0.25) is 0 Å². The van der Waals surface area contributed by atoms with E-state index in [1.165, 1.54) is 0 Å². The van der Waals surface area contributed by atoms with Gasteiger partial charge in [0, 0.05) is 11.4 Å².